The van der Waals surface area contributed by atoms with Gasteiger partial charge in [0.1, 0.15) is 6.54 Å². The van der Waals surface area contributed by atoms with E-state index in [0.29, 0.717) is 16.8 Å². The fourth-order valence-corrected chi connectivity index (χ4v) is 4.55. The third kappa shape index (κ3) is 3.77. The number of sulfone groups is 1. The number of aromatic nitrogens is 2. The molecular formula is C20H20N2O5S. The number of rotatable bonds is 7. The van der Waals surface area contributed by atoms with Gasteiger partial charge in [-0.05, 0) is 30.7 Å². The lowest BCUT2D eigenvalue weighted by atomic mass is 10.1. The Labute approximate surface area is 163 Å². The molecule has 146 valence electrons. The molecule has 0 fully saturated rings. The SMILES string of the molecule is COc1nn(CC(=O)O)c(C)c1Cc1ccccc1S(=O)(=O)c1ccccc1. The van der Waals surface area contributed by atoms with Crippen LogP contribution in [0.25, 0.3) is 0 Å². The van der Waals surface area contributed by atoms with E-state index in [9.17, 15) is 13.2 Å². The van der Waals surface area contributed by atoms with Crippen LogP contribution in [-0.2, 0) is 27.6 Å². The quantitative estimate of drug-likeness (QED) is 0.655. The van der Waals surface area contributed by atoms with Gasteiger partial charge in [-0.1, -0.05) is 36.4 Å². The maximum Gasteiger partial charge on any atom is 0.325 e. The number of carboxylic acids is 1. The van der Waals surface area contributed by atoms with Crippen LogP contribution in [0.5, 0.6) is 5.88 Å². The highest BCUT2D eigenvalue weighted by atomic mass is 32.2. The number of nitrogens with zero attached hydrogens (tertiary/aromatic N) is 2. The van der Waals surface area contributed by atoms with E-state index in [1.54, 1.807) is 61.5 Å². The van der Waals surface area contributed by atoms with Crippen LogP contribution in [0, 0.1) is 6.92 Å². The number of carbonyl (C=O) groups is 1. The van der Waals surface area contributed by atoms with Gasteiger partial charge >= 0.3 is 5.97 Å². The Hall–Kier alpha value is -3.13. The summed E-state index contributed by atoms with van der Waals surface area (Å²) in [7, 11) is -2.25. The lowest BCUT2D eigenvalue weighted by Gasteiger charge is -2.11. The number of methoxy groups -OCH3 is 1. The minimum atomic E-state index is -3.70. The molecule has 0 unspecified atom stereocenters. The maximum absolute atomic E-state index is 13.1. The van der Waals surface area contributed by atoms with Gasteiger partial charge in [-0.15, -0.1) is 5.10 Å². The van der Waals surface area contributed by atoms with Gasteiger partial charge in [0.2, 0.25) is 15.7 Å². The van der Waals surface area contributed by atoms with Crippen LogP contribution in [0.1, 0.15) is 16.8 Å². The highest BCUT2D eigenvalue weighted by Crippen LogP contribution is 2.29. The molecule has 0 aliphatic carbocycles. The molecule has 3 aromatic rings. The zero-order valence-electron chi connectivity index (χ0n) is 15.5. The molecule has 3 rings (SSSR count). The van der Waals surface area contributed by atoms with E-state index in [1.165, 1.54) is 11.8 Å². The van der Waals surface area contributed by atoms with Crippen LogP contribution >= 0.6 is 0 Å². The molecule has 2 aromatic carbocycles. The van der Waals surface area contributed by atoms with Crippen LogP contribution < -0.4 is 4.74 Å². The number of carboxylic acid groups (broad SMARTS) is 1. The predicted octanol–water partition coefficient (Wildman–Crippen LogP) is 2.71. The van der Waals surface area contributed by atoms with Gasteiger partial charge in [0.25, 0.3) is 0 Å². The van der Waals surface area contributed by atoms with E-state index in [2.05, 4.69) is 5.10 Å². The van der Waals surface area contributed by atoms with Gasteiger partial charge in [-0.25, -0.2) is 8.42 Å². The van der Waals surface area contributed by atoms with Crippen molar-refractivity contribution < 1.29 is 23.1 Å². The maximum atomic E-state index is 13.1. The van der Waals surface area contributed by atoms with Crippen molar-refractivity contribution in [3.8, 4) is 5.88 Å². The first-order chi connectivity index (χ1) is 13.3. The van der Waals surface area contributed by atoms with Crippen molar-refractivity contribution in [2.45, 2.75) is 29.7 Å². The van der Waals surface area contributed by atoms with E-state index >= 15 is 0 Å². The molecular weight excluding hydrogens is 380 g/mol. The second-order valence-electron chi connectivity index (χ2n) is 6.23. The summed E-state index contributed by atoms with van der Waals surface area (Å²) in [6.07, 6.45) is 0.247. The molecule has 0 aliphatic heterocycles. The fraction of sp³-hybridized carbons (Fsp3) is 0.200. The molecule has 7 nitrogen and oxygen atoms in total. The molecule has 8 heteroatoms. The lowest BCUT2D eigenvalue weighted by Crippen LogP contribution is -2.12. The molecule has 1 N–H and O–H groups in total. The zero-order chi connectivity index (χ0) is 20.3. The first-order valence-electron chi connectivity index (χ1n) is 8.54. The average Bonchev–Trinajstić information content (AvgIpc) is 2.97. The number of benzene rings is 2. The standard InChI is InChI=1S/C20H20N2O5S/c1-14-17(20(27-2)21-22(14)13-19(23)24)12-15-8-6-7-11-18(15)28(25,26)16-9-4-3-5-10-16/h3-11H,12-13H2,1-2H3,(H,23,24). The Kier molecular flexibility index (Phi) is 5.51. The Balaban J connectivity index is 2.06. The smallest absolute Gasteiger partial charge is 0.325 e. The van der Waals surface area contributed by atoms with Gasteiger partial charge in [0.05, 0.1) is 16.9 Å². The molecule has 0 bridgehead atoms. The topological polar surface area (TPSA) is 98.5 Å². The largest absolute Gasteiger partial charge is 0.480 e. The van der Waals surface area contributed by atoms with Crippen molar-refractivity contribution in [3.05, 3.63) is 71.4 Å². The number of aliphatic carboxylic acids is 1. The van der Waals surface area contributed by atoms with Gasteiger partial charge in [0, 0.05) is 17.7 Å². The summed E-state index contributed by atoms with van der Waals surface area (Å²) in [5.41, 5.74) is 1.85. The second-order valence-corrected chi connectivity index (χ2v) is 8.14. The summed E-state index contributed by atoms with van der Waals surface area (Å²) in [5, 5.41) is 13.2. The summed E-state index contributed by atoms with van der Waals surface area (Å²) >= 11 is 0. The summed E-state index contributed by atoms with van der Waals surface area (Å²) in [6.45, 7) is 1.44. The van der Waals surface area contributed by atoms with Crippen molar-refractivity contribution in [1.82, 2.24) is 9.78 Å². The third-order valence-electron chi connectivity index (χ3n) is 4.45. The normalized spacial score (nSPS) is 11.4. The predicted molar refractivity (Wildman–Crippen MR) is 102 cm³/mol. The number of hydrogen-bond acceptors (Lipinski definition) is 5. The molecule has 0 spiro atoms. The van der Waals surface area contributed by atoms with Gasteiger partial charge in [-0.2, -0.15) is 0 Å². The van der Waals surface area contributed by atoms with E-state index in [1.807, 2.05) is 0 Å². The average molecular weight is 400 g/mol. The molecule has 0 saturated heterocycles. The summed E-state index contributed by atoms with van der Waals surface area (Å²) in [6, 6.07) is 15.0. The van der Waals surface area contributed by atoms with Crippen molar-refractivity contribution in [2.24, 2.45) is 0 Å². The highest BCUT2D eigenvalue weighted by molar-refractivity contribution is 7.91. The van der Waals surface area contributed by atoms with Crippen LogP contribution in [-0.4, -0.2) is 36.4 Å². The Morgan fingerprint density at radius 2 is 1.75 bits per heavy atom. The Morgan fingerprint density at radius 1 is 1.11 bits per heavy atom. The van der Waals surface area contributed by atoms with E-state index < -0.39 is 15.8 Å². The van der Waals surface area contributed by atoms with Crippen molar-refractivity contribution in [2.75, 3.05) is 7.11 Å². The van der Waals surface area contributed by atoms with Gasteiger partial charge in [-0.3, -0.25) is 9.48 Å². The molecule has 0 aliphatic rings. The highest BCUT2D eigenvalue weighted by Gasteiger charge is 2.24. The fourth-order valence-electron chi connectivity index (χ4n) is 3.03. The number of ether oxygens (including phenoxy) is 1. The molecule has 1 aromatic heterocycles. The molecule has 0 amide bonds. The molecule has 28 heavy (non-hydrogen) atoms. The van der Waals surface area contributed by atoms with E-state index in [0.717, 1.165) is 0 Å². The monoisotopic (exact) mass is 400 g/mol. The van der Waals surface area contributed by atoms with Crippen LogP contribution in [0.15, 0.2) is 64.4 Å². The van der Waals surface area contributed by atoms with E-state index in [4.69, 9.17) is 9.84 Å². The Morgan fingerprint density at radius 3 is 2.39 bits per heavy atom. The minimum absolute atomic E-state index is 0.202. The zero-order valence-corrected chi connectivity index (χ0v) is 16.3. The summed E-state index contributed by atoms with van der Waals surface area (Å²) in [4.78, 5) is 11.5. The Bertz CT molecular complexity index is 1100. The van der Waals surface area contributed by atoms with Gasteiger partial charge < -0.3 is 9.84 Å². The third-order valence-corrected chi connectivity index (χ3v) is 6.32. The lowest BCUT2D eigenvalue weighted by molar-refractivity contribution is -0.137. The van der Waals surface area contributed by atoms with Crippen molar-refractivity contribution in [1.29, 1.82) is 0 Å². The van der Waals surface area contributed by atoms with Crippen LogP contribution in [0.3, 0.4) is 0 Å². The molecule has 0 radical (unpaired) electrons. The van der Waals surface area contributed by atoms with Crippen molar-refractivity contribution >= 4 is 15.8 Å². The van der Waals surface area contributed by atoms with Crippen LogP contribution in [0.4, 0.5) is 0 Å². The second kappa shape index (κ2) is 7.85. The first kappa shape index (κ1) is 19.6. The van der Waals surface area contributed by atoms with E-state index in [-0.39, 0.29) is 28.6 Å². The summed E-state index contributed by atoms with van der Waals surface area (Å²) in [5.74, 6) is -0.738. The number of hydrogen-bond donors (Lipinski definition) is 1. The van der Waals surface area contributed by atoms with Crippen molar-refractivity contribution in [3.63, 3.8) is 0 Å². The summed E-state index contributed by atoms with van der Waals surface area (Å²) < 4.78 is 32.8. The molecule has 0 saturated carbocycles. The first-order valence-corrected chi connectivity index (χ1v) is 10.0. The minimum Gasteiger partial charge on any atom is -0.480 e. The van der Waals surface area contributed by atoms with Gasteiger partial charge in [0.15, 0.2) is 0 Å². The molecule has 1 heterocycles. The molecule has 0 atom stereocenters. The van der Waals surface area contributed by atoms with Crippen LogP contribution in [0.2, 0.25) is 0 Å².